The van der Waals surface area contributed by atoms with Gasteiger partial charge >= 0.3 is 90.7 Å². The average Bonchev–Trinajstić information content (AvgIpc) is 2.47. The van der Waals surface area contributed by atoms with Crippen LogP contribution in [-0.4, -0.2) is 38.3 Å². The fourth-order valence-corrected chi connectivity index (χ4v) is 3.03. The van der Waals surface area contributed by atoms with Gasteiger partial charge in [-0.05, 0) is 0 Å². The van der Waals surface area contributed by atoms with Crippen molar-refractivity contribution < 1.29 is 18.2 Å². The van der Waals surface area contributed by atoms with Crippen LogP contribution < -0.4 is 0 Å². The van der Waals surface area contributed by atoms with E-state index in [0.29, 0.717) is 0 Å². The molecule has 0 aromatic heterocycles. The number of hydrogen-bond acceptors (Lipinski definition) is 2. The maximum absolute atomic E-state index is 4.71. The molecule has 0 aromatic carbocycles. The molecule has 21 heavy (non-hydrogen) atoms. The van der Waals surface area contributed by atoms with E-state index in [1.165, 1.54) is 0 Å². The minimum atomic E-state index is -0.811. The second-order valence-corrected chi connectivity index (χ2v) is 7.76. The molecule has 0 unspecified atom stereocenters. The Morgan fingerprint density at radius 2 is 0.952 bits per heavy atom. The van der Waals surface area contributed by atoms with Crippen LogP contribution in [0.5, 0.6) is 0 Å². The van der Waals surface area contributed by atoms with Crippen LogP contribution in [0.3, 0.4) is 0 Å². The van der Waals surface area contributed by atoms with E-state index in [4.69, 9.17) is 6.99 Å². The van der Waals surface area contributed by atoms with E-state index in [-0.39, 0.29) is 11.1 Å². The molecule has 0 atom stereocenters. The Hall–Kier alpha value is 0.208. The fraction of sp³-hybridized carbons (Fsp3) is 1.00. The summed E-state index contributed by atoms with van der Waals surface area (Å²) in [6, 6.07) is 0. The van der Waals surface area contributed by atoms with Crippen molar-refractivity contribution in [3.8, 4) is 0 Å². The molecule has 0 radical (unpaired) electrons. The van der Waals surface area contributed by atoms with Crippen LogP contribution in [0.15, 0.2) is 6.99 Å². The van der Waals surface area contributed by atoms with Crippen molar-refractivity contribution in [1.29, 1.82) is 0 Å². The Bertz CT molecular complexity index is 241. The molecule has 0 N–H and O–H groups in total. The molecular formula is C16H38N4W-2. The molecule has 130 valence electrons. The molecule has 0 amide bonds. The van der Waals surface area contributed by atoms with Gasteiger partial charge in [0.25, 0.3) is 0 Å². The maximum atomic E-state index is 4.71. The second kappa shape index (κ2) is 16.6. The first-order chi connectivity index (χ1) is 9.66. The van der Waals surface area contributed by atoms with Gasteiger partial charge in [0.1, 0.15) is 0 Å². The molecule has 0 saturated carbocycles. The van der Waals surface area contributed by atoms with Gasteiger partial charge in [-0.15, -0.1) is 0 Å². The van der Waals surface area contributed by atoms with Gasteiger partial charge in [-0.1, -0.05) is 13.8 Å². The summed E-state index contributed by atoms with van der Waals surface area (Å²) in [6.45, 7) is 19.1. The summed E-state index contributed by atoms with van der Waals surface area (Å²) in [5.74, 6) is 0. The first kappa shape index (κ1) is 26.1. The van der Waals surface area contributed by atoms with Gasteiger partial charge in [0.15, 0.2) is 0 Å². The van der Waals surface area contributed by atoms with Crippen molar-refractivity contribution >= 4 is 0 Å². The maximum Gasteiger partial charge on any atom is -0.0844 e. The predicted octanol–water partition coefficient (Wildman–Crippen LogP) is 5.83. The molecular weight excluding hydrogens is 432 g/mol. The Morgan fingerprint density at radius 1 is 0.714 bits per heavy atom. The van der Waals surface area contributed by atoms with Crippen LogP contribution >= 0.6 is 0 Å². The van der Waals surface area contributed by atoms with Gasteiger partial charge in [-0.3, -0.25) is 0 Å². The van der Waals surface area contributed by atoms with E-state index >= 15 is 0 Å². The summed E-state index contributed by atoms with van der Waals surface area (Å²) in [4.78, 5) is 0. The van der Waals surface area contributed by atoms with Crippen molar-refractivity contribution in [3.05, 3.63) is 10.6 Å². The average molecular weight is 470 g/mol. The summed E-state index contributed by atoms with van der Waals surface area (Å²) in [5, 5.41) is 7.47. The molecule has 0 spiro atoms. The van der Waals surface area contributed by atoms with Gasteiger partial charge in [0, 0.05) is 0 Å². The van der Waals surface area contributed by atoms with Crippen molar-refractivity contribution in [2.24, 2.45) is 6.99 Å². The van der Waals surface area contributed by atoms with E-state index in [2.05, 4.69) is 52.2 Å². The van der Waals surface area contributed by atoms with E-state index in [1.807, 2.05) is 13.8 Å². The van der Waals surface area contributed by atoms with Crippen molar-refractivity contribution in [3.63, 3.8) is 0 Å². The molecule has 0 saturated heterocycles. The summed E-state index contributed by atoms with van der Waals surface area (Å²) in [6.07, 6.45) is 2.24. The standard InChI is InChI=1S/2C5H11N.2C3H8N.W/c2*1-4-5(2,3)6;2*1-3-4-2;/h2*4H2,1-3H3;2*3H2,1-2H3;/q;;2*-1;. The van der Waals surface area contributed by atoms with Crippen LogP contribution in [0.2, 0.25) is 0 Å². The summed E-state index contributed by atoms with van der Waals surface area (Å²) < 4.78 is 9.42. The molecule has 0 aliphatic rings. The van der Waals surface area contributed by atoms with Crippen molar-refractivity contribution in [2.75, 3.05) is 27.2 Å². The van der Waals surface area contributed by atoms with Crippen molar-refractivity contribution in [1.82, 2.24) is 0 Å². The van der Waals surface area contributed by atoms with Gasteiger partial charge < -0.3 is 10.6 Å². The Balaban J connectivity index is -0.000000334. The second-order valence-electron chi connectivity index (χ2n) is 5.86. The number of hydrogen-bond donors (Lipinski definition) is 0. The van der Waals surface area contributed by atoms with E-state index in [0.717, 1.165) is 25.9 Å². The third-order valence-corrected chi connectivity index (χ3v) is 7.08. The molecule has 0 aromatic rings. The number of rotatable bonds is 6. The van der Waals surface area contributed by atoms with Crippen LogP contribution in [0.25, 0.3) is 10.6 Å². The Morgan fingerprint density at radius 3 is 1.10 bits per heavy atom. The SMILES string of the molecule is CCC(C)(C)[N]=[W]=[N]C(C)(C)CC.CC[N-]C.CC[N-]C. The van der Waals surface area contributed by atoms with Gasteiger partial charge in [0.05, 0.1) is 0 Å². The zero-order chi connectivity index (χ0) is 17.4. The van der Waals surface area contributed by atoms with E-state index < -0.39 is 18.2 Å². The topological polar surface area (TPSA) is 52.9 Å². The summed E-state index contributed by atoms with van der Waals surface area (Å²) >= 11 is -0.811. The van der Waals surface area contributed by atoms with Crippen LogP contribution in [0.4, 0.5) is 0 Å². The molecule has 4 nitrogen and oxygen atoms in total. The van der Waals surface area contributed by atoms with Gasteiger partial charge in [0.2, 0.25) is 0 Å². The molecule has 5 heteroatoms. The van der Waals surface area contributed by atoms with E-state index in [9.17, 15) is 0 Å². The van der Waals surface area contributed by atoms with Crippen LogP contribution in [-0.2, 0) is 18.2 Å². The molecule has 0 aliphatic carbocycles. The summed E-state index contributed by atoms with van der Waals surface area (Å²) in [5.41, 5.74) is 0.329. The largest absolute Gasteiger partial charge is 0.665 e. The van der Waals surface area contributed by atoms with Gasteiger partial charge in [-0.25, -0.2) is 0 Å². The zero-order valence-corrected chi connectivity index (χ0v) is 19.0. The van der Waals surface area contributed by atoms with Crippen molar-refractivity contribution in [2.45, 2.75) is 79.3 Å². The third-order valence-electron chi connectivity index (χ3n) is 2.94. The quantitative estimate of drug-likeness (QED) is 0.469. The molecule has 0 fully saturated rings. The molecule has 0 heterocycles. The first-order valence-electron chi connectivity index (χ1n) is 7.87. The normalized spacial score (nSPS) is 10.6. The molecule has 0 rings (SSSR count). The Kier molecular flexibility index (Phi) is 20.6. The van der Waals surface area contributed by atoms with Crippen LogP contribution in [0, 0.1) is 0 Å². The third kappa shape index (κ3) is 25.5. The summed E-state index contributed by atoms with van der Waals surface area (Å²) in [7, 11) is 3.61. The molecule has 0 aliphatic heterocycles. The Labute approximate surface area is 142 Å². The number of nitrogens with zero attached hydrogens (tertiary/aromatic N) is 4. The minimum absolute atomic E-state index is 0.165. The van der Waals surface area contributed by atoms with Crippen LogP contribution in [0.1, 0.15) is 68.2 Å². The fourth-order valence-electron chi connectivity index (χ4n) is 0.371. The first-order valence-corrected chi connectivity index (χ1v) is 10.5. The van der Waals surface area contributed by atoms with Gasteiger partial charge in [-0.2, -0.15) is 27.2 Å². The zero-order valence-electron chi connectivity index (χ0n) is 16.0. The molecule has 0 bridgehead atoms. The minimum Gasteiger partial charge on any atom is -0.665 e. The predicted molar refractivity (Wildman–Crippen MR) is 93.2 cm³/mol. The monoisotopic (exact) mass is 470 g/mol. The smallest absolute Gasteiger partial charge is 0.0844 e. The van der Waals surface area contributed by atoms with E-state index in [1.54, 1.807) is 14.1 Å².